The van der Waals surface area contributed by atoms with Crippen LogP contribution in [-0.4, -0.2) is 56.4 Å². The van der Waals surface area contributed by atoms with Gasteiger partial charge in [-0.1, -0.05) is 23.5 Å². The van der Waals surface area contributed by atoms with Crippen molar-refractivity contribution in [3.63, 3.8) is 0 Å². The molecule has 180 valence electrons. The third-order valence-corrected chi connectivity index (χ3v) is 7.01. The van der Waals surface area contributed by atoms with Gasteiger partial charge in [-0.25, -0.2) is 4.68 Å². The molecule has 35 heavy (non-hydrogen) atoms. The van der Waals surface area contributed by atoms with Gasteiger partial charge in [0.2, 0.25) is 11.0 Å². The number of hydrogen-bond acceptors (Lipinski definition) is 6. The van der Waals surface area contributed by atoms with Crippen LogP contribution in [0.4, 0.5) is 0 Å². The highest BCUT2D eigenvalue weighted by Gasteiger charge is 2.17. The van der Waals surface area contributed by atoms with Gasteiger partial charge in [-0.15, -0.1) is 0 Å². The Hall–Kier alpha value is -3.76. The Morgan fingerprint density at radius 2 is 1.97 bits per heavy atom. The van der Waals surface area contributed by atoms with Gasteiger partial charge < -0.3 is 14.2 Å². The minimum Gasteiger partial charge on any atom is -0.378 e. The van der Waals surface area contributed by atoms with Crippen molar-refractivity contribution >= 4 is 29.4 Å². The Morgan fingerprint density at radius 1 is 1.20 bits per heavy atom. The zero-order valence-electron chi connectivity index (χ0n) is 19.8. The van der Waals surface area contributed by atoms with Gasteiger partial charge >= 0.3 is 0 Å². The quantitative estimate of drug-likeness (QED) is 0.441. The summed E-state index contributed by atoms with van der Waals surface area (Å²) >= 11 is 1.17. The first-order chi connectivity index (χ1) is 16.8. The number of aromatic nitrogens is 4. The number of H-pyrrole nitrogens is 1. The van der Waals surface area contributed by atoms with Gasteiger partial charge in [0.25, 0.3) is 5.56 Å². The number of ether oxygens (including phenoxy) is 1. The standard InChI is InChI=1S/C25H26N6O3S/c1-15-5-4-6-19(11-15)30-16(2)12-18(17(30)3)13-20-23(26)31-25(27-24(20)33)35-21(28-31)14-22(32)29-7-9-34-10-8-29/h4-6,11-14,26,28H,7-10H2,1-3H3/b20-13+,21-14+,26-23?. The lowest BCUT2D eigenvalue weighted by molar-refractivity contribution is -0.128. The molecule has 2 aromatic rings. The molecule has 4 heterocycles. The van der Waals surface area contributed by atoms with Crippen molar-refractivity contribution < 1.29 is 9.53 Å². The molecular weight excluding hydrogens is 464 g/mol. The van der Waals surface area contributed by atoms with E-state index in [0.29, 0.717) is 36.1 Å². The van der Waals surface area contributed by atoms with Gasteiger partial charge in [0.1, 0.15) is 4.66 Å². The summed E-state index contributed by atoms with van der Waals surface area (Å²) in [5.74, 6) is -0.138. The Bertz CT molecular complexity index is 1630. The fourth-order valence-corrected chi connectivity index (χ4v) is 5.20. The minimum atomic E-state index is -0.475. The maximum Gasteiger partial charge on any atom is 0.283 e. The van der Waals surface area contributed by atoms with Crippen LogP contribution in [0.3, 0.4) is 0 Å². The highest BCUT2D eigenvalue weighted by atomic mass is 32.1. The molecule has 0 aliphatic carbocycles. The molecule has 1 saturated heterocycles. The highest BCUT2D eigenvalue weighted by Crippen LogP contribution is 2.21. The molecule has 1 aromatic carbocycles. The molecule has 10 heteroatoms. The average Bonchev–Trinajstić information content (AvgIpc) is 3.36. The number of nitrogens with zero attached hydrogens (tertiary/aromatic N) is 4. The van der Waals surface area contributed by atoms with Crippen molar-refractivity contribution in [2.75, 3.05) is 26.3 Å². The number of nitrogens with one attached hydrogen (secondary N) is 2. The Morgan fingerprint density at radius 3 is 2.71 bits per heavy atom. The SMILES string of the molecule is Cc1cccc(-n2c(C)cc(/C=c3/c(=O)nc4s/c(=C/C(=O)N5CCOCC5)[nH]n-4c3=N)c2C)c1. The molecule has 3 aliphatic heterocycles. The lowest BCUT2D eigenvalue weighted by Crippen LogP contribution is -2.47. The molecule has 9 nitrogen and oxygen atoms in total. The number of amides is 1. The van der Waals surface area contributed by atoms with E-state index < -0.39 is 5.56 Å². The van der Waals surface area contributed by atoms with Gasteiger partial charge in [0.05, 0.1) is 18.4 Å². The van der Waals surface area contributed by atoms with E-state index in [9.17, 15) is 9.59 Å². The first kappa shape index (κ1) is 23.0. The molecule has 3 aliphatic rings. The van der Waals surface area contributed by atoms with Crippen LogP contribution >= 0.6 is 11.3 Å². The summed E-state index contributed by atoms with van der Waals surface area (Å²) < 4.78 is 9.39. The molecule has 0 spiro atoms. The Balaban J connectivity index is 1.59. The third kappa shape index (κ3) is 4.38. The molecule has 2 N–H and O–H groups in total. The molecule has 0 saturated carbocycles. The number of benzene rings is 1. The molecule has 1 aromatic heterocycles. The largest absolute Gasteiger partial charge is 0.378 e. The monoisotopic (exact) mass is 490 g/mol. The molecule has 5 rings (SSSR count). The van der Waals surface area contributed by atoms with E-state index in [2.05, 4.69) is 33.7 Å². The summed E-state index contributed by atoms with van der Waals surface area (Å²) in [6.45, 7) is 8.19. The lowest BCUT2D eigenvalue weighted by Gasteiger charge is -2.25. The van der Waals surface area contributed by atoms with Crippen LogP contribution in [0.5, 0.6) is 0 Å². The highest BCUT2D eigenvalue weighted by molar-refractivity contribution is 7.11. The van der Waals surface area contributed by atoms with Gasteiger partial charge in [-0.05, 0) is 56.2 Å². The molecule has 0 bridgehead atoms. The van der Waals surface area contributed by atoms with E-state index >= 15 is 0 Å². The number of morpholine rings is 1. The number of carbonyl (C=O) groups is 1. The van der Waals surface area contributed by atoms with Gasteiger partial charge in [-0.3, -0.25) is 20.1 Å². The molecular formula is C25H26N6O3S. The zero-order chi connectivity index (χ0) is 24.7. The maximum absolute atomic E-state index is 12.9. The third-order valence-electron chi connectivity index (χ3n) is 6.13. The van der Waals surface area contributed by atoms with E-state index in [4.69, 9.17) is 10.1 Å². The second-order valence-electron chi connectivity index (χ2n) is 8.60. The fourth-order valence-electron chi connectivity index (χ4n) is 4.35. The first-order valence-corrected chi connectivity index (χ1v) is 12.2. The lowest BCUT2D eigenvalue weighted by atomic mass is 10.2. The van der Waals surface area contributed by atoms with Crippen LogP contribution in [0, 0.1) is 26.2 Å². The first-order valence-electron chi connectivity index (χ1n) is 11.3. The topological polar surface area (TPSA) is 109 Å². The Kier molecular flexibility index (Phi) is 6.00. The number of hydrogen-bond donors (Lipinski definition) is 2. The average molecular weight is 491 g/mol. The van der Waals surface area contributed by atoms with Crippen molar-refractivity contribution in [3.8, 4) is 10.8 Å². The molecule has 1 amide bonds. The van der Waals surface area contributed by atoms with Crippen LogP contribution in [-0.2, 0) is 9.53 Å². The summed E-state index contributed by atoms with van der Waals surface area (Å²) in [6.07, 6.45) is 3.19. The number of aryl methyl sites for hydroxylation is 2. The molecule has 1 fully saturated rings. The van der Waals surface area contributed by atoms with Crippen LogP contribution in [0.25, 0.3) is 23.0 Å². The number of carbonyl (C=O) groups excluding carboxylic acids is 1. The van der Waals surface area contributed by atoms with Gasteiger partial charge in [-0.2, -0.15) is 4.98 Å². The maximum atomic E-state index is 12.9. The van der Waals surface area contributed by atoms with Crippen LogP contribution in [0.15, 0.2) is 35.1 Å². The van der Waals surface area contributed by atoms with Crippen molar-refractivity contribution in [1.29, 1.82) is 5.41 Å². The minimum absolute atomic E-state index is 0.00456. The normalized spacial score (nSPS) is 15.3. The van der Waals surface area contributed by atoms with Crippen molar-refractivity contribution in [2.45, 2.75) is 20.8 Å². The number of rotatable bonds is 3. The van der Waals surface area contributed by atoms with Crippen molar-refractivity contribution in [3.05, 3.63) is 78.6 Å². The zero-order valence-corrected chi connectivity index (χ0v) is 20.6. The molecule has 0 radical (unpaired) electrons. The van der Waals surface area contributed by atoms with Crippen molar-refractivity contribution in [2.24, 2.45) is 0 Å². The fraction of sp³-hybridized carbons (Fsp3) is 0.280. The number of fused-ring (bicyclic) bond motifs is 1. The summed E-state index contributed by atoms with van der Waals surface area (Å²) in [4.78, 5) is 31.3. The predicted molar refractivity (Wildman–Crippen MR) is 134 cm³/mol. The van der Waals surface area contributed by atoms with Crippen LogP contribution in [0.1, 0.15) is 22.5 Å². The second-order valence-corrected chi connectivity index (χ2v) is 9.61. The van der Waals surface area contributed by atoms with Crippen LogP contribution in [0.2, 0.25) is 0 Å². The molecule has 0 unspecified atom stereocenters. The predicted octanol–water partition coefficient (Wildman–Crippen LogP) is 0.723. The van der Waals surface area contributed by atoms with E-state index in [-0.39, 0.29) is 16.6 Å². The van der Waals surface area contributed by atoms with E-state index in [1.54, 1.807) is 11.0 Å². The summed E-state index contributed by atoms with van der Waals surface area (Å²) in [5.41, 5.74) is 4.58. The van der Waals surface area contributed by atoms with Crippen molar-refractivity contribution in [1.82, 2.24) is 24.2 Å². The number of aromatic amines is 1. The van der Waals surface area contributed by atoms with Gasteiger partial charge in [0.15, 0.2) is 5.49 Å². The van der Waals surface area contributed by atoms with E-state index in [0.717, 1.165) is 28.2 Å². The smallest absolute Gasteiger partial charge is 0.283 e. The Labute approximate surface area is 205 Å². The van der Waals surface area contributed by atoms with Crippen LogP contribution < -0.4 is 20.9 Å². The van der Waals surface area contributed by atoms with Gasteiger partial charge in [0, 0.05) is 36.2 Å². The van der Waals surface area contributed by atoms with E-state index in [1.807, 2.05) is 32.0 Å². The second kappa shape index (κ2) is 9.12. The summed E-state index contributed by atoms with van der Waals surface area (Å²) in [7, 11) is 0. The summed E-state index contributed by atoms with van der Waals surface area (Å²) in [6, 6.07) is 10.2. The summed E-state index contributed by atoms with van der Waals surface area (Å²) in [5, 5.41) is 12.2. The van der Waals surface area contributed by atoms with E-state index in [1.165, 1.54) is 22.1 Å². The molecule has 0 atom stereocenters.